The van der Waals surface area contributed by atoms with Crippen LogP contribution >= 0.6 is 0 Å². The van der Waals surface area contributed by atoms with Crippen LogP contribution in [0, 0.1) is 11.8 Å². The van der Waals surface area contributed by atoms with Crippen LogP contribution in [0.25, 0.3) is 0 Å². The molecule has 0 N–H and O–H groups in total. The maximum atomic E-state index is 12.1. The molecule has 1 saturated carbocycles. The number of rotatable bonds is 5. The predicted molar refractivity (Wildman–Crippen MR) is 79.8 cm³/mol. The Morgan fingerprint density at radius 2 is 2.11 bits per heavy atom. The number of carbonyl (C=O) groups is 1. The molecule has 0 aromatic heterocycles. The predicted octanol–water partition coefficient (Wildman–Crippen LogP) is 3.94. The third-order valence-corrected chi connectivity index (χ3v) is 4.54. The van der Waals surface area contributed by atoms with Crippen molar-refractivity contribution in [3.8, 4) is 0 Å². The van der Waals surface area contributed by atoms with Crippen molar-refractivity contribution in [3.05, 3.63) is 23.3 Å². The van der Waals surface area contributed by atoms with E-state index in [2.05, 4.69) is 32.9 Å². The molecule has 1 atom stereocenters. The molecule has 19 heavy (non-hydrogen) atoms. The van der Waals surface area contributed by atoms with Crippen molar-refractivity contribution < 1.29 is 4.79 Å². The fourth-order valence-corrected chi connectivity index (χ4v) is 2.76. The van der Waals surface area contributed by atoms with E-state index in [0.717, 1.165) is 25.9 Å². The Hall–Kier alpha value is -1.05. The second-order valence-corrected chi connectivity index (χ2v) is 6.12. The molecule has 0 radical (unpaired) electrons. The van der Waals surface area contributed by atoms with E-state index in [4.69, 9.17) is 0 Å². The smallest absolute Gasteiger partial charge is 0.225 e. The highest BCUT2D eigenvalue weighted by molar-refractivity contribution is 5.81. The molecule has 0 heterocycles. The molecular weight excluding hydrogens is 234 g/mol. The van der Waals surface area contributed by atoms with Crippen molar-refractivity contribution >= 4 is 5.91 Å². The number of hydrogen-bond donors (Lipinski definition) is 0. The van der Waals surface area contributed by atoms with Crippen LogP contribution in [0.2, 0.25) is 0 Å². The summed E-state index contributed by atoms with van der Waals surface area (Å²) in [6.45, 7) is 8.17. The van der Waals surface area contributed by atoms with Crippen LogP contribution < -0.4 is 0 Å². The minimum Gasteiger partial charge on any atom is -0.339 e. The third kappa shape index (κ3) is 3.95. The summed E-state index contributed by atoms with van der Waals surface area (Å²) in [4.78, 5) is 14.1. The maximum absolute atomic E-state index is 12.1. The molecule has 2 aliphatic rings. The van der Waals surface area contributed by atoms with Crippen molar-refractivity contribution in [2.24, 2.45) is 11.8 Å². The van der Waals surface area contributed by atoms with Gasteiger partial charge in [-0.05, 0) is 58.8 Å². The Labute approximate surface area is 117 Å². The summed E-state index contributed by atoms with van der Waals surface area (Å²) >= 11 is 0. The minimum absolute atomic E-state index is 0.342. The van der Waals surface area contributed by atoms with E-state index in [-0.39, 0.29) is 0 Å². The first-order valence-electron chi connectivity index (χ1n) is 7.73. The molecule has 1 unspecified atom stereocenters. The lowest BCUT2D eigenvalue weighted by atomic mass is 9.85. The van der Waals surface area contributed by atoms with Crippen molar-refractivity contribution in [3.63, 3.8) is 0 Å². The Bertz CT molecular complexity index is 390. The number of hydrogen-bond acceptors (Lipinski definition) is 1. The lowest BCUT2D eigenvalue weighted by molar-refractivity contribution is -0.131. The van der Waals surface area contributed by atoms with Crippen LogP contribution in [0.15, 0.2) is 23.3 Å². The summed E-state index contributed by atoms with van der Waals surface area (Å²) < 4.78 is 0. The van der Waals surface area contributed by atoms with Gasteiger partial charge in [0.05, 0.1) is 0 Å². The van der Waals surface area contributed by atoms with Crippen LogP contribution in [0.3, 0.4) is 0 Å². The van der Waals surface area contributed by atoms with Crippen LogP contribution in [-0.4, -0.2) is 23.9 Å². The highest BCUT2D eigenvalue weighted by Crippen LogP contribution is 2.31. The SMILES string of the molecule is CCN(CC=C(C)C1CC=C(C)CC1)C(=O)C1CC1. The van der Waals surface area contributed by atoms with Crippen LogP contribution in [0.4, 0.5) is 0 Å². The average Bonchev–Trinajstić information content (AvgIpc) is 3.24. The molecule has 0 aromatic carbocycles. The van der Waals surface area contributed by atoms with Gasteiger partial charge < -0.3 is 4.90 Å². The first kappa shape index (κ1) is 14.4. The van der Waals surface area contributed by atoms with Crippen molar-refractivity contribution in [2.75, 3.05) is 13.1 Å². The van der Waals surface area contributed by atoms with Gasteiger partial charge in [-0.1, -0.05) is 23.3 Å². The Morgan fingerprint density at radius 3 is 2.63 bits per heavy atom. The molecule has 2 rings (SSSR count). The Morgan fingerprint density at radius 1 is 1.37 bits per heavy atom. The molecule has 0 spiro atoms. The molecule has 0 aliphatic heterocycles. The lowest BCUT2D eigenvalue weighted by Crippen LogP contribution is -2.32. The standard InChI is InChI=1S/C17H27NO/c1-4-18(17(19)16-9-10-16)12-11-14(3)15-7-5-13(2)6-8-15/h5,11,15-16H,4,6-10,12H2,1-3H3. The summed E-state index contributed by atoms with van der Waals surface area (Å²) in [5.74, 6) is 1.40. The van der Waals surface area contributed by atoms with E-state index in [9.17, 15) is 4.79 Å². The van der Waals surface area contributed by atoms with E-state index in [1.165, 1.54) is 30.4 Å². The Balaban J connectivity index is 1.87. The minimum atomic E-state index is 0.342. The van der Waals surface area contributed by atoms with E-state index in [0.29, 0.717) is 17.7 Å². The van der Waals surface area contributed by atoms with Gasteiger partial charge in [-0.25, -0.2) is 0 Å². The van der Waals surface area contributed by atoms with Gasteiger partial charge in [0.2, 0.25) is 5.91 Å². The van der Waals surface area contributed by atoms with Gasteiger partial charge in [0.15, 0.2) is 0 Å². The van der Waals surface area contributed by atoms with E-state index < -0.39 is 0 Å². The quantitative estimate of drug-likeness (QED) is 0.686. The molecule has 0 saturated heterocycles. The fraction of sp³-hybridized carbons (Fsp3) is 0.706. The van der Waals surface area contributed by atoms with Crippen LogP contribution in [0.1, 0.15) is 52.9 Å². The van der Waals surface area contributed by atoms with Gasteiger partial charge in [0, 0.05) is 19.0 Å². The summed E-state index contributed by atoms with van der Waals surface area (Å²) in [6.07, 6.45) is 10.5. The van der Waals surface area contributed by atoms with Gasteiger partial charge in [0.1, 0.15) is 0 Å². The summed E-state index contributed by atoms with van der Waals surface area (Å²) in [6, 6.07) is 0. The lowest BCUT2D eigenvalue weighted by Gasteiger charge is -2.23. The van der Waals surface area contributed by atoms with Gasteiger partial charge >= 0.3 is 0 Å². The molecule has 0 bridgehead atoms. The highest BCUT2D eigenvalue weighted by atomic mass is 16.2. The summed E-state index contributed by atoms with van der Waals surface area (Å²) in [7, 11) is 0. The van der Waals surface area contributed by atoms with E-state index in [1.54, 1.807) is 0 Å². The molecular formula is C17H27NO. The summed E-state index contributed by atoms with van der Waals surface area (Å²) in [5, 5.41) is 0. The zero-order chi connectivity index (χ0) is 13.8. The van der Waals surface area contributed by atoms with Gasteiger partial charge in [0.25, 0.3) is 0 Å². The average molecular weight is 261 g/mol. The molecule has 2 nitrogen and oxygen atoms in total. The van der Waals surface area contributed by atoms with Crippen molar-refractivity contribution in [1.82, 2.24) is 4.90 Å². The topological polar surface area (TPSA) is 20.3 Å². The fourth-order valence-electron chi connectivity index (χ4n) is 2.76. The number of likely N-dealkylation sites (N-methyl/N-ethyl adjacent to an activating group) is 1. The number of carbonyl (C=O) groups excluding carboxylic acids is 1. The molecule has 106 valence electrons. The van der Waals surface area contributed by atoms with Crippen LogP contribution in [-0.2, 0) is 4.79 Å². The Kier molecular flexibility index (Phi) is 4.84. The van der Waals surface area contributed by atoms with Crippen molar-refractivity contribution in [1.29, 1.82) is 0 Å². The highest BCUT2D eigenvalue weighted by Gasteiger charge is 2.32. The monoisotopic (exact) mass is 261 g/mol. The zero-order valence-electron chi connectivity index (χ0n) is 12.6. The molecule has 2 heteroatoms. The third-order valence-electron chi connectivity index (χ3n) is 4.54. The summed E-state index contributed by atoms with van der Waals surface area (Å²) in [5.41, 5.74) is 2.99. The first-order chi connectivity index (χ1) is 9.11. The first-order valence-corrected chi connectivity index (χ1v) is 7.73. The molecule has 0 aromatic rings. The van der Waals surface area contributed by atoms with Gasteiger partial charge in [-0.15, -0.1) is 0 Å². The number of nitrogens with zero attached hydrogens (tertiary/aromatic N) is 1. The second-order valence-electron chi connectivity index (χ2n) is 6.12. The van der Waals surface area contributed by atoms with E-state index in [1.807, 2.05) is 4.90 Å². The zero-order valence-corrected chi connectivity index (χ0v) is 12.6. The largest absolute Gasteiger partial charge is 0.339 e. The molecule has 1 fully saturated rings. The molecule has 1 amide bonds. The van der Waals surface area contributed by atoms with Crippen LogP contribution in [0.5, 0.6) is 0 Å². The van der Waals surface area contributed by atoms with Gasteiger partial charge in [-0.3, -0.25) is 4.79 Å². The maximum Gasteiger partial charge on any atom is 0.225 e. The van der Waals surface area contributed by atoms with Crippen molar-refractivity contribution in [2.45, 2.75) is 52.9 Å². The second kappa shape index (κ2) is 6.40. The number of amides is 1. The van der Waals surface area contributed by atoms with Gasteiger partial charge in [-0.2, -0.15) is 0 Å². The number of allylic oxidation sites excluding steroid dienone is 3. The molecule has 2 aliphatic carbocycles. The van der Waals surface area contributed by atoms with E-state index >= 15 is 0 Å². The normalized spacial score (nSPS) is 24.1.